The molecular weight excluding hydrogens is 212 g/mol. The molecule has 0 aromatic heterocycles. The summed E-state index contributed by atoms with van der Waals surface area (Å²) < 4.78 is 14.3. The van der Waals surface area contributed by atoms with Crippen LogP contribution in [0.3, 0.4) is 0 Å². The van der Waals surface area contributed by atoms with Crippen LogP contribution in [-0.4, -0.2) is 50.2 Å². The van der Waals surface area contributed by atoms with Crippen LogP contribution in [0.25, 0.3) is 0 Å². The average molecular weight is 236 g/mol. The van der Waals surface area contributed by atoms with Gasteiger partial charge < -0.3 is 19.3 Å². The number of hydrogen-bond acceptors (Lipinski definition) is 5. The first-order valence-electron chi connectivity index (χ1n) is 5.35. The fourth-order valence-electron chi connectivity index (χ4n) is 0.840. The highest BCUT2D eigenvalue weighted by Gasteiger charge is 2.02. The first kappa shape index (κ1) is 17.7. The highest BCUT2D eigenvalue weighted by atomic mass is 16.6. The van der Waals surface area contributed by atoms with Crippen LogP contribution >= 0.6 is 0 Å². The maximum absolute atomic E-state index is 10.3. The Bertz CT molecular complexity index is 158. The van der Waals surface area contributed by atoms with Crippen LogP contribution in [-0.2, 0) is 19.0 Å². The first-order chi connectivity index (χ1) is 7.43. The molecule has 0 fully saturated rings. The monoisotopic (exact) mass is 236 g/mol. The summed E-state index contributed by atoms with van der Waals surface area (Å²) in [4.78, 5) is 10.3. The lowest BCUT2D eigenvalue weighted by Gasteiger charge is -2.08. The first-order valence-corrected chi connectivity index (χ1v) is 5.35. The zero-order chi connectivity index (χ0) is 13.0. The van der Waals surface area contributed by atoms with E-state index in [0.717, 1.165) is 0 Å². The molecule has 0 aliphatic rings. The molecule has 5 heteroatoms. The van der Waals surface area contributed by atoms with Crippen molar-refractivity contribution in [3.05, 3.63) is 0 Å². The molecule has 0 aliphatic heterocycles. The van der Waals surface area contributed by atoms with E-state index >= 15 is 0 Å². The number of carbonyl (C=O) groups excluding carboxylic acids is 1. The van der Waals surface area contributed by atoms with Gasteiger partial charge in [-0.05, 0) is 20.8 Å². The number of carbonyl (C=O) groups is 1. The fraction of sp³-hybridized carbons (Fsp3) is 0.909. The highest BCUT2D eigenvalue weighted by molar-refractivity contribution is 5.66. The van der Waals surface area contributed by atoms with Crippen LogP contribution in [0.15, 0.2) is 0 Å². The molecule has 0 radical (unpaired) electrons. The van der Waals surface area contributed by atoms with Gasteiger partial charge in [0.25, 0.3) is 0 Å². The lowest BCUT2D eigenvalue weighted by molar-refractivity contribution is -0.147. The Morgan fingerprint density at radius 2 is 1.88 bits per heavy atom. The Kier molecular flexibility index (Phi) is 13.8. The molecule has 0 heterocycles. The summed E-state index contributed by atoms with van der Waals surface area (Å²) in [6, 6.07) is 0. The third kappa shape index (κ3) is 19.0. The van der Waals surface area contributed by atoms with E-state index < -0.39 is 0 Å². The topological polar surface area (TPSA) is 65.0 Å². The van der Waals surface area contributed by atoms with Gasteiger partial charge in [-0.25, -0.2) is 0 Å². The molecule has 0 amide bonds. The Hall–Kier alpha value is -0.650. The number of ether oxygens (including phenoxy) is 3. The Balaban J connectivity index is 0. The van der Waals surface area contributed by atoms with Gasteiger partial charge in [0.1, 0.15) is 6.10 Å². The summed E-state index contributed by atoms with van der Waals surface area (Å²) in [6.45, 7) is 8.37. The van der Waals surface area contributed by atoms with Crippen LogP contribution in [0.5, 0.6) is 0 Å². The van der Waals surface area contributed by atoms with Crippen molar-refractivity contribution < 1.29 is 24.1 Å². The van der Waals surface area contributed by atoms with Gasteiger partial charge in [-0.1, -0.05) is 0 Å². The van der Waals surface area contributed by atoms with Crippen LogP contribution in [0, 0.1) is 0 Å². The van der Waals surface area contributed by atoms with Crippen LogP contribution in [0.1, 0.15) is 27.7 Å². The minimum Gasteiger partial charge on any atom is -0.460 e. The van der Waals surface area contributed by atoms with Crippen LogP contribution < -0.4 is 0 Å². The van der Waals surface area contributed by atoms with Gasteiger partial charge in [0.05, 0.1) is 19.3 Å². The summed E-state index contributed by atoms with van der Waals surface area (Å²) in [5.74, 6) is -0.264. The predicted molar refractivity (Wildman–Crippen MR) is 61.3 cm³/mol. The highest BCUT2D eigenvalue weighted by Crippen LogP contribution is 1.90. The standard InChI is InChI=1S/C6H12O3.C5H12O2/c1-5(4-8-3)9-6(2)7;1-3-7-4-5(2)6/h5H,4H2,1-3H3;5-6H,3-4H2,1-2H3. The Morgan fingerprint density at radius 1 is 1.31 bits per heavy atom. The van der Waals surface area contributed by atoms with E-state index in [4.69, 9.17) is 19.3 Å². The van der Waals surface area contributed by atoms with Crippen molar-refractivity contribution in [3.63, 3.8) is 0 Å². The van der Waals surface area contributed by atoms with Crippen molar-refractivity contribution in [2.75, 3.05) is 26.9 Å². The molecule has 0 aromatic carbocycles. The number of esters is 1. The number of hydrogen-bond donors (Lipinski definition) is 1. The molecule has 98 valence electrons. The molecule has 2 unspecified atom stereocenters. The van der Waals surface area contributed by atoms with E-state index in [-0.39, 0.29) is 18.2 Å². The molecular formula is C11H24O5. The third-order valence-electron chi connectivity index (χ3n) is 1.33. The largest absolute Gasteiger partial charge is 0.460 e. The lowest BCUT2D eigenvalue weighted by Crippen LogP contribution is -2.17. The van der Waals surface area contributed by atoms with Gasteiger partial charge in [0, 0.05) is 20.6 Å². The third-order valence-corrected chi connectivity index (χ3v) is 1.33. The maximum Gasteiger partial charge on any atom is 0.302 e. The fourth-order valence-corrected chi connectivity index (χ4v) is 0.840. The molecule has 0 aliphatic carbocycles. The summed E-state index contributed by atoms with van der Waals surface area (Å²) in [5.41, 5.74) is 0. The SMILES string of the molecule is CCOCC(C)O.COCC(C)OC(C)=O. The summed E-state index contributed by atoms with van der Waals surface area (Å²) >= 11 is 0. The molecule has 16 heavy (non-hydrogen) atoms. The lowest BCUT2D eigenvalue weighted by atomic mass is 10.4. The smallest absolute Gasteiger partial charge is 0.302 e. The van der Waals surface area contributed by atoms with Crippen molar-refractivity contribution in [1.82, 2.24) is 0 Å². The average Bonchev–Trinajstić information content (AvgIpc) is 2.14. The van der Waals surface area contributed by atoms with Crippen molar-refractivity contribution in [2.24, 2.45) is 0 Å². The summed E-state index contributed by atoms with van der Waals surface area (Å²) in [6.07, 6.45) is -0.451. The second-order valence-corrected chi connectivity index (χ2v) is 3.38. The maximum atomic E-state index is 10.3. The van der Waals surface area contributed by atoms with Crippen molar-refractivity contribution in [2.45, 2.75) is 39.9 Å². The number of rotatable bonds is 6. The van der Waals surface area contributed by atoms with E-state index in [1.807, 2.05) is 6.92 Å². The normalized spacial score (nSPS) is 13.4. The van der Waals surface area contributed by atoms with Gasteiger partial charge in [0.2, 0.25) is 0 Å². The van der Waals surface area contributed by atoms with Crippen molar-refractivity contribution >= 4 is 5.97 Å². The summed E-state index contributed by atoms with van der Waals surface area (Å²) in [5, 5.41) is 8.56. The van der Waals surface area contributed by atoms with Gasteiger partial charge in [-0.3, -0.25) is 4.79 Å². The van der Waals surface area contributed by atoms with Gasteiger partial charge in [0.15, 0.2) is 0 Å². The zero-order valence-corrected chi connectivity index (χ0v) is 10.9. The van der Waals surface area contributed by atoms with E-state index in [2.05, 4.69) is 0 Å². The molecule has 2 atom stereocenters. The molecule has 0 aromatic rings. The molecule has 0 saturated carbocycles. The number of aliphatic hydroxyl groups excluding tert-OH is 1. The summed E-state index contributed by atoms with van der Waals surface area (Å²) in [7, 11) is 1.57. The molecule has 0 bridgehead atoms. The minimum absolute atomic E-state index is 0.132. The minimum atomic E-state index is -0.319. The van der Waals surface area contributed by atoms with E-state index in [1.54, 1.807) is 21.0 Å². The van der Waals surface area contributed by atoms with E-state index in [0.29, 0.717) is 19.8 Å². The Morgan fingerprint density at radius 3 is 2.12 bits per heavy atom. The van der Waals surface area contributed by atoms with Gasteiger partial charge >= 0.3 is 5.97 Å². The van der Waals surface area contributed by atoms with E-state index in [9.17, 15) is 4.79 Å². The second kappa shape index (κ2) is 12.4. The molecule has 0 spiro atoms. The molecule has 0 rings (SSSR count). The van der Waals surface area contributed by atoms with E-state index in [1.165, 1.54) is 6.92 Å². The zero-order valence-electron chi connectivity index (χ0n) is 10.9. The number of methoxy groups -OCH3 is 1. The quantitative estimate of drug-likeness (QED) is 0.697. The molecule has 5 nitrogen and oxygen atoms in total. The van der Waals surface area contributed by atoms with Crippen molar-refractivity contribution in [3.8, 4) is 0 Å². The predicted octanol–water partition coefficient (Wildman–Crippen LogP) is 0.988. The molecule has 0 saturated heterocycles. The van der Waals surface area contributed by atoms with Gasteiger partial charge in [-0.15, -0.1) is 0 Å². The Labute approximate surface area is 97.7 Å². The van der Waals surface area contributed by atoms with Crippen molar-refractivity contribution in [1.29, 1.82) is 0 Å². The molecule has 1 N–H and O–H groups in total. The second-order valence-electron chi connectivity index (χ2n) is 3.38. The van der Waals surface area contributed by atoms with Crippen LogP contribution in [0.2, 0.25) is 0 Å². The van der Waals surface area contributed by atoms with Gasteiger partial charge in [-0.2, -0.15) is 0 Å². The van der Waals surface area contributed by atoms with Crippen LogP contribution in [0.4, 0.5) is 0 Å². The number of aliphatic hydroxyl groups is 1.